The Balaban J connectivity index is 1.85. The maximum atomic E-state index is 11.8. The molecule has 0 aliphatic rings. The van der Waals surface area contributed by atoms with Crippen LogP contribution < -0.4 is 16.2 Å². The molecule has 0 saturated heterocycles. The third-order valence-corrected chi connectivity index (χ3v) is 7.04. The molecule has 0 spiro atoms. The van der Waals surface area contributed by atoms with Gasteiger partial charge in [0.15, 0.2) is 19.7 Å². The minimum Gasteiger partial charge on any atom is -0.324 e. The zero-order chi connectivity index (χ0) is 23.5. The lowest BCUT2D eigenvalue weighted by Gasteiger charge is -2.17. The van der Waals surface area contributed by atoms with Gasteiger partial charge in [0.2, 0.25) is 11.2 Å². The van der Waals surface area contributed by atoms with Crippen LogP contribution in [0.1, 0.15) is 0 Å². The van der Waals surface area contributed by atoms with Crippen LogP contribution in [0, 0.1) is 0 Å². The Morgan fingerprint density at radius 1 is 0.844 bits per heavy atom. The number of sulfone groups is 2. The van der Waals surface area contributed by atoms with Crippen molar-refractivity contribution >= 4 is 54.5 Å². The minimum absolute atomic E-state index is 0.0160. The second kappa shape index (κ2) is 9.04. The number of nitrogens with one attached hydrogen (secondary N) is 1. The SMILES string of the molecule is C=CS(=O)(=O)c1ccc(Nc2nc(Cl)nc(N(N)c3ccc(S(=O)(=O)C=C)cc3)n2)cc1. The van der Waals surface area contributed by atoms with E-state index in [1.807, 2.05) is 0 Å². The number of rotatable bonds is 8. The molecular formula is C19H17ClN6O4S2. The van der Waals surface area contributed by atoms with Crippen LogP contribution in [0.3, 0.4) is 0 Å². The Hall–Kier alpha value is -3.32. The molecule has 3 aromatic rings. The van der Waals surface area contributed by atoms with Crippen LogP contribution in [0.2, 0.25) is 5.28 Å². The average Bonchev–Trinajstić information content (AvgIpc) is 2.78. The fourth-order valence-corrected chi connectivity index (χ4v) is 4.04. The van der Waals surface area contributed by atoms with E-state index >= 15 is 0 Å². The number of hydrazine groups is 1. The van der Waals surface area contributed by atoms with Gasteiger partial charge >= 0.3 is 0 Å². The van der Waals surface area contributed by atoms with Crippen molar-refractivity contribution in [3.8, 4) is 0 Å². The summed E-state index contributed by atoms with van der Waals surface area (Å²) in [6.07, 6.45) is 0. The van der Waals surface area contributed by atoms with Crippen LogP contribution in [0.15, 0.2) is 82.3 Å². The Labute approximate surface area is 189 Å². The summed E-state index contributed by atoms with van der Waals surface area (Å²) in [5, 5.41) is 5.55. The number of benzene rings is 2. The molecule has 1 heterocycles. The van der Waals surface area contributed by atoms with Crippen LogP contribution in [0.4, 0.5) is 23.3 Å². The average molecular weight is 493 g/mol. The molecule has 32 heavy (non-hydrogen) atoms. The van der Waals surface area contributed by atoms with Crippen molar-refractivity contribution in [2.24, 2.45) is 5.84 Å². The maximum Gasteiger partial charge on any atom is 0.250 e. The van der Waals surface area contributed by atoms with Crippen LogP contribution in [-0.4, -0.2) is 31.8 Å². The zero-order valence-corrected chi connectivity index (χ0v) is 18.8. The highest BCUT2D eigenvalue weighted by atomic mass is 35.5. The number of aromatic nitrogens is 3. The van der Waals surface area contributed by atoms with Crippen molar-refractivity contribution < 1.29 is 16.8 Å². The number of anilines is 4. The molecule has 0 aliphatic carbocycles. The lowest BCUT2D eigenvalue weighted by molar-refractivity contribution is 0.603. The molecule has 0 unspecified atom stereocenters. The highest BCUT2D eigenvalue weighted by Gasteiger charge is 2.15. The van der Waals surface area contributed by atoms with Gasteiger partial charge in [0.05, 0.1) is 15.5 Å². The predicted octanol–water partition coefficient (Wildman–Crippen LogP) is 3.11. The van der Waals surface area contributed by atoms with E-state index < -0.39 is 19.7 Å². The van der Waals surface area contributed by atoms with E-state index in [1.54, 1.807) is 0 Å². The maximum absolute atomic E-state index is 11.8. The van der Waals surface area contributed by atoms with Gasteiger partial charge in [-0.15, -0.1) is 0 Å². The standard InChI is InChI=1S/C19H17ClN6O4S2/c1-3-31(27,28)15-9-5-13(6-10-15)22-18-23-17(20)24-19(25-18)26(21)14-7-11-16(12-8-14)32(29,30)4-2/h3-12H,1-2,21H2,(H,22,23,24,25). The first-order valence-corrected chi connectivity index (χ1v) is 12.2. The molecule has 166 valence electrons. The Bertz CT molecular complexity index is 1380. The molecule has 13 heteroatoms. The molecule has 0 radical (unpaired) electrons. The summed E-state index contributed by atoms with van der Waals surface area (Å²) >= 11 is 5.99. The highest BCUT2D eigenvalue weighted by Crippen LogP contribution is 2.24. The van der Waals surface area contributed by atoms with Gasteiger partial charge in [0.25, 0.3) is 5.95 Å². The summed E-state index contributed by atoms with van der Waals surface area (Å²) in [6, 6.07) is 11.5. The summed E-state index contributed by atoms with van der Waals surface area (Å²) in [7, 11) is -7.13. The van der Waals surface area contributed by atoms with E-state index in [-0.39, 0.29) is 27.0 Å². The molecule has 0 saturated carbocycles. The Morgan fingerprint density at radius 3 is 1.84 bits per heavy atom. The summed E-state index contributed by atoms with van der Waals surface area (Å²) in [6.45, 7) is 6.57. The summed E-state index contributed by atoms with van der Waals surface area (Å²) < 4.78 is 47.3. The van der Waals surface area contributed by atoms with Crippen molar-refractivity contribution in [1.82, 2.24) is 15.0 Å². The summed E-state index contributed by atoms with van der Waals surface area (Å²) in [5.41, 5.74) is 0.879. The summed E-state index contributed by atoms with van der Waals surface area (Å²) in [4.78, 5) is 12.3. The van der Waals surface area contributed by atoms with Crippen LogP contribution in [-0.2, 0) is 19.7 Å². The van der Waals surface area contributed by atoms with Crippen LogP contribution >= 0.6 is 11.6 Å². The number of hydrogen-bond donors (Lipinski definition) is 2. The Morgan fingerprint density at radius 2 is 1.34 bits per heavy atom. The summed E-state index contributed by atoms with van der Waals surface area (Å²) in [5.74, 6) is 6.11. The second-order valence-electron chi connectivity index (χ2n) is 6.16. The first-order valence-electron chi connectivity index (χ1n) is 8.74. The number of nitrogens with zero attached hydrogens (tertiary/aromatic N) is 4. The first kappa shape index (κ1) is 23.3. The van der Waals surface area contributed by atoms with E-state index in [0.29, 0.717) is 11.4 Å². The molecule has 0 amide bonds. The lowest BCUT2D eigenvalue weighted by Crippen LogP contribution is -2.27. The first-order chi connectivity index (χ1) is 15.1. The van der Waals surface area contributed by atoms with E-state index in [9.17, 15) is 16.8 Å². The van der Waals surface area contributed by atoms with Gasteiger partial charge in [-0.1, -0.05) is 13.2 Å². The van der Waals surface area contributed by atoms with E-state index in [2.05, 4.69) is 33.4 Å². The number of nitrogens with two attached hydrogens (primary N) is 1. The monoisotopic (exact) mass is 492 g/mol. The largest absolute Gasteiger partial charge is 0.324 e. The van der Waals surface area contributed by atoms with Crippen molar-refractivity contribution in [3.63, 3.8) is 0 Å². The number of halogens is 1. The van der Waals surface area contributed by atoms with E-state index in [1.165, 1.54) is 48.5 Å². The van der Waals surface area contributed by atoms with Crippen molar-refractivity contribution in [3.05, 3.63) is 77.8 Å². The molecule has 2 aromatic carbocycles. The van der Waals surface area contributed by atoms with Crippen LogP contribution in [0.25, 0.3) is 0 Å². The van der Waals surface area contributed by atoms with E-state index in [0.717, 1.165) is 15.8 Å². The molecule has 0 bridgehead atoms. The molecular weight excluding hydrogens is 476 g/mol. The van der Waals surface area contributed by atoms with Gasteiger partial charge in [-0.25, -0.2) is 27.7 Å². The second-order valence-corrected chi connectivity index (χ2v) is 10.3. The molecule has 3 rings (SSSR count). The van der Waals surface area contributed by atoms with Crippen molar-refractivity contribution in [2.75, 3.05) is 10.3 Å². The predicted molar refractivity (Wildman–Crippen MR) is 122 cm³/mol. The van der Waals surface area contributed by atoms with Gasteiger partial charge in [-0.3, -0.25) is 0 Å². The lowest BCUT2D eigenvalue weighted by atomic mass is 10.3. The molecule has 0 aliphatic heterocycles. The minimum atomic E-state index is -3.58. The molecule has 3 N–H and O–H groups in total. The fourth-order valence-electron chi connectivity index (χ4n) is 2.46. The van der Waals surface area contributed by atoms with Gasteiger partial charge in [-0.2, -0.15) is 15.0 Å². The molecule has 10 nitrogen and oxygen atoms in total. The van der Waals surface area contributed by atoms with Crippen LogP contribution in [0.5, 0.6) is 0 Å². The van der Waals surface area contributed by atoms with E-state index in [4.69, 9.17) is 17.4 Å². The van der Waals surface area contributed by atoms with Gasteiger partial charge < -0.3 is 5.32 Å². The van der Waals surface area contributed by atoms with Gasteiger partial charge in [0.1, 0.15) is 0 Å². The van der Waals surface area contributed by atoms with Gasteiger partial charge in [0, 0.05) is 16.5 Å². The molecule has 0 atom stereocenters. The highest BCUT2D eigenvalue weighted by molar-refractivity contribution is 7.94. The topological polar surface area (TPSA) is 148 Å². The normalized spacial score (nSPS) is 11.6. The van der Waals surface area contributed by atoms with Crippen molar-refractivity contribution in [1.29, 1.82) is 0 Å². The molecule has 0 fully saturated rings. The third kappa shape index (κ3) is 5.11. The zero-order valence-electron chi connectivity index (χ0n) is 16.4. The smallest absolute Gasteiger partial charge is 0.250 e. The quantitative estimate of drug-likeness (QED) is 0.354. The van der Waals surface area contributed by atoms with Gasteiger partial charge in [-0.05, 0) is 60.1 Å². The third-order valence-electron chi connectivity index (χ3n) is 4.13. The van der Waals surface area contributed by atoms with Crippen molar-refractivity contribution in [2.45, 2.75) is 9.79 Å². The number of hydrogen-bond acceptors (Lipinski definition) is 10. The molecule has 1 aromatic heterocycles. The fraction of sp³-hybridized carbons (Fsp3) is 0. The Kier molecular flexibility index (Phi) is 6.60.